The van der Waals surface area contributed by atoms with Gasteiger partial charge in [0.15, 0.2) is 0 Å². The van der Waals surface area contributed by atoms with Crippen molar-refractivity contribution in [2.75, 3.05) is 7.11 Å². The zero-order valence-corrected chi connectivity index (χ0v) is 4.59. The Kier molecular flexibility index (Phi) is 3.42. The zero-order chi connectivity index (χ0) is 6.41. The summed E-state index contributed by atoms with van der Waals surface area (Å²) in [6.45, 7) is 0. The predicted molar refractivity (Wildman–Crippen MR) is 28.0 cm³/mol. The fourth-order valence-corrected chi connectivity index (χ4v) is 0.248. The minimum Gasteiger partial charge on any atom is -0.512 e. The average molecular weight is 113 g/mol. The lowest BCUT2D eigenvalue weighted by atomic mass is 10.4. The smallest absolute Gasteiger partial charge is 0.144 e. The summed E-state index contributed by atoms with van der Waals surface area (Å²) < 4.78 is 4.53. The van der Waals surface area contributed by atoms with Crippen LogP contribution in [0.3, 0.4) is 0 Å². The summed E-state index contributed by atoms with van der Waals surface area (Å²) in [5, 5.41) is 16.2. The lowest BCUT2D eigenvalue weighted by Crippen LogP contribution is -1.83. The van der Waals surface area contributed by atoms with Gasteiger partial charge in [0.25, 0.3) is 0 Å². The number of hydrogen-bond acceptors (Lipinski definition) is 3. The van der Waals surface area contributed by atoms with Gasteiger partial charge in [-0.1, -0.05) is 0 Å². The Morgan fingerprint density at radius 2 is 2.62 bits per heavy atom. The number of rotatable bonds is 2. The lowest BCUT2D eigenvalue weighted by Gasteiger charge is -1.94. The summed E-state index contributed by atoms with van der Waals surface area (Å²) >= 11 is 0. The molecule has 0 bridgehead atoms. The van der Waals surface area contributed by atoms with Gasteiger partial charge in [0.05, 0.1) is 19.6 Å². The topological polar surface area (TPSA) is 53.2 Å². The van der Waals surface area contributed by atoms with Crippen molar-refractivity contribution < 1.29 is 9.84 Å². The minimum absolute atomic E-state index is 0.118. The molecule has 0 aliphatic carbocycles. The maximum atomic E-state index is 8.22. The van der Waals surface area contributed by atoms with Gasteiger partial charge < -0.3 is 9.84 Å². The Morgan fingerprint density at radius 1 is 2.00 bits per heavy atom. The summed E-state index contributed by atoms with van der Waals surface area (Å²) in [6, 6.07) is 1.82. The molecule has 8 heavy (non-hydrogen) atoms. The van der Waals surface area contributed by atoms with E-state index in [-0.39, 0.29) is 12.2 Å². The molecule has 1 N–H and O–H groups in total. The van der Waals surface area contributed by atoms with Crippen LogP contribution in [0.25, 0.3) is 0 Å². The molecular formula is C5H7NO2. The number of allylic oxidation sites excluding steroid dienone is 1. The highest BCUT2D eigenvalue weighted by molar-refractivity contribution is 4.95. The van der Waals surface area contributed by atoms with Crippen LogP contribution in [-0.2, 0) is 4.74 Å². The van der Waals surface area contributed by atoms with Crippen molar-refractivity contribution in [2.24, 2.45) is 0 Å². The third kappa shape index (κ3) is 2.08. The van der Waals surface area contributed by atoms with E-state index >= 15 is 0 Å². The second-order valence-corrected chi connectivity index (χ2v) is 1.13. The molecule has 0 aromatic carbocycles. The zero-order valence-electron chi connectivity index (χ0n) is 4.59. The first-order chi connectivity index (χ1) is 3.85. The molecule has 0 fully saturated rings. The number of nitriles is 1. The largest absolute Gasteiger partial charge is 0.512 e. The van der Waals surface area contributed by atoms with Crippen molar-refractivity contribution >= 4 is 0 Å². The third-order valence-corrected chi connectivity index (χ3v) is 0.659. The number of aliphatic hydroxyl groups excluding tert-OH is 1. The molecular weight excluding hydrogens is 106 g/mol. The van der Waals surface area contributed by atoms with Crippen molar-refractivity contribution in [1.29, 1.82) is 5.26 Å². The van der Waals surface area contributed by atoms with Crippen molar-refractivity contribution in [3.05, 3.63) is 12.0 Å². The molecule has 3 nitrogen and oxygen atoms in total. The van der Waals surface area contributed by atoms with Crippen LogP contribution in [0.15, 0.2) is 12.0 Å². The highest BCUT2D eigenvalue weighted by Gasteiger charge is 1.90. The third-order valence-electron chi connectivity index (χ3n) is 0.659. The van der Waals surface area contributed by atoms with Crippen LogP contribution >= 0.6 is 0 Å². The maximum absolute atomic E-state index is 8.22. The van der Waals surface area contributed by atoms with E-state index in [1.54, 1.807) is 0 Å². The van der Waals surface area contributed by atoms with Gasteiger partial charge in [-0.25, -0.2) is 0 Å². The van der Waals surface area contributed by atoms with Gasteiger partial charge in [-0.15, -0.1) is 0 Å². The first-order valence-corrected chi connectivity index (χ1v) is 2.09. The second kappa shape index (κ2) is 4.00. The Morgan fingerprint density at radius 3 is 2.75 bits per heavy atom. The van der Waals surface area contributed by atoms with E-state index in [1.165, 1.54) is 7.11 Å². The first kappa shape index (κ1) is 6.83. The van der Waals surface area contributed by atoms with Crippen LogP contribution in [0.4, 0.5) is 0 Å². The number of hydrogen-bond donors (Lipinski definition) is 1. The SMILES string of the molecule is CO/C(=C/O)CC#N. The molecule has 0 spiro atoms. The molecule has 0 saturated carbocycles. The van der Waals surface area contributed by atoms with Crippen LogP contribution in [0, 0.1) is 11.3 Å². The van der Waals surface area contributed by atoms with Gasteiger partial charge in [0.1, 0.15) is 12.0 Å². The van der Waals surface area contributed by atoms with Gasteiger partial charge in [-0.05, 0) is 0 Å². The standard InChI is InChI=1S/C5H7NO2/c1-8-5(4-7)2-3-6/h4,7H,2H2,1H3/b5-4+. The van der Waals surface area contributed by atoms with E-state index in [9.17, 15) is 0 Å². The molecule has 0 atom stereocenters. The molecule has 0 aromatic heterocycles. The van der Waals surface area contributed by atoms with Crippen LogP contribution in [0.5, 0.6) is 0 Å². The van der Waals surface area contributed by atoms with Gasteiger partial charge in [-0.2, -0.15) is 5.26 Å². The maximum Gasteiger partial charge on any atom is 0.144 e. The normalized spacial score (nSPS) is 10.2. The van der Waals surface area contributed by atoms with Crippen LogP contribution < -0.4 is 0 Å². The Hall–Kier alpha value is -1.17. The molecule has 44 valence electrons. The summed E-state index contributed by atoms with van der Waals surface area (Å²) in [6.07, 6.45) is 0.899. The molecule has 0 heterocycles. The van der Waals surface area contributed by atoms with Crippen molar-refractivity contribution in [3.8, 4) is 6.07 Å². The van der Waals surface area contributed by atoms with E-state index < -0.39 is 0 Å². The molecule has 0 aliphatic rings. The summed E-state index contributed by atoms with van der Waals surface area (Å²) in [7, 11) is 1.40. The van der Waals surface area contributed by atoms with Crippen LogP contribution in [-0.4, -0.2) is 12.2 Å². The predicted octanol–water partition coefficient (Wildman–Crippen LogP) is 0.946. The molecule has 0 radical (unpaired) electrons. The number of methoxy groups -OCH3 is 1. The van der Waals surface area contributed by atoms with Crippen LogP contribution in [0.2, 0.25) is 0 Å². The molecule has 0 aliphatic heterocycles. The second-order valence-electron chi connectivity index (χ2n) is 1.13. The lowest BCUT2D eigenvalue weighted by molar-refractivity contribution is 0.265. The van der Waals surface area contributed by atoms with Crippen molar-refractivity contribution in [2.45, 2.75) is 6.42 Å². The van der Waals surface area contributed by atoms with E-state index in [2.05, 4.69) is 4.74 Å². The van der Waals surface area contributed by atoms with Gasteiger partial charge in [0, 0.05) is 0 Å². The summed E-state index contributed by atoms with van der Waals surface area (Å²) in [4.78, 5) is 0. The molecule has 0 rings (SSSR count). The molecule has 3 heteroatoms. The van der Waals surface area contributed by atoms with E-state index in [4.69, 9.17) is 10.4 Å². The molecule has 0 aromatic rings. The van der Waals surface area contributed by atoms with Crippen LogP contribution in [0.1, 0.15) is 6.42 Å². The van der Waals surface area contributed by atoms with Gasteiger partial charge >= 0.3 is 0 Å². The Balaban J connectivity index is 3.59. The number of ether oxygens (including phenoxy) is 1. The Bertz CT molecular complexity index is 123. The van der Waals surface area contributed by atoms with Gasteiger partial charge in [-0.3, -0.25) is 0 Å². The molecule has 0 saturated heterocycles. The molecule has 0 unspecified atom stereocenters. The molecule has 0 amide bonds. The minimum atomic E-state index is 0.118. The fourth-order valence-electron chi connectivity index (χ4n) is 0.248. The number of aliphatic hydroxyl groups is 1. The Labute approximate surface area is 47.8 Å². The quantitative estimate of drug-likeness (QED) is 0.542. The van der Waals surface area contributed by atoms with Crippen molar-refractivity contribution in [3.63, 3.8) is 0 Å². The number of nitrogens with zero attached hydrogens (tertiary/aromatic N) is 1. The summed E-state index contributed by atoms with van der Waals surface area (Å²) in [5.74, 6) is 0.285. The monoisotopic (exact) mass is 113 g/mol. The first-order valence-electron chi connectivity index (χ1n) is 2.09. The fraction of sp³-hybridized carbons (Fsp3) is 0.400. The van der Waals surface area contributed by atoms with E-state index in [1.807, 2.05) is 6.07 Å². The summed E-state index contributed by atoms with van der Waals surface area (Å²) in [5.41, 5.74) is 0. The van der Waals surface area contributed by atoms with E-state index in [0.717, 1.165) is 6.26 Å². The van der Waals surface area contributed by atoms with Crippen molar-refractivity contribution in [1.82, 2.24) is 0 Å². The van der Waals surface area contributed by atoms with E-state index in [0.29, 0.717) is 0 Å². The highest BCUT2D eigenvalue weighted by Crippen LogP contribution is 1.96. The van der Waals surface area contributed by atoms with Gasteiger partial charge in [0.2, 0.25) is 0 Å². The highest BCUT2D eigenvalue weighted by atomic mass is 16.5. The average Bonchev–Trinajstić information content (AvgIpc) is 1.83.